The second-order valence-electron chi connectivity index (χ2n) is 8.77. The predicted molar refractivity (Wildman–Crippen MR) is 121 cm³/mol. The second-order valence-corrected chi connectivity index (χ2v) is 8.77. The van der Waals surface area contributed by atoms with E-state index < -0.39 is 6.61 Å². The van der Waals surface area contributed by atoms with Gasteiger partial charge in [-0.3, -0.25) is 14.2 Å². The van der Waals surface area contributed by atoms with E-state index in [1.165, 1.54) is 0 Å². The van der Waals surface area contributed by atoms with Gasteiger partial charge >= 0.3 is 0 Å². The molecule has 1 amide bonds. The first-order valence-corrected chi connectivity index (χ1v) is 11.1. The SMILES string of the molecule is Nc1nc(C2C[C@H]3CC[C@@H](C2)N3C(=O)CO)cn2c(-c3ccc(-c4ncc[nH]4)nc3)cnc12. The summed E-state index contributed by atoms with van der Waals surface area (Å²) in [6.45, 7) is -0.431. The van der Waals surface area contributed by atoms with Crippen molar-refractivity contribution < 1.29 is 9.90 Å². The molecular weight excluding hydrogens is 420 g/mol. The lowest BCUT2D eigenvalue weighted by Gasteiger charge is -2.38. The molecular formula is C23H24N8O2. The Bertz CT molecular complexity index is 1300. The topological polar surface area (TPSA) is 138 Å². The van der Waals surface area contributed by atoms with E-state index in [0.29, 0.717) is 11.5 Å². The number of carbonyl (C=O) groups excluding carboxylic acids is 1. The molecule has 2 aliphatic heterocycles. The van der Waals surface area contributed by atoms with Crippen molar-refractivity contribution in [2.45, 2.75) is 43.7 Å². The normalized spacial score (nSPS) is 22.2. The number of rotatable bonds is 4. The third-order valence-corrected chi connectivity index (χ3v) is 6.91. The highest BCUT2D eigenvalue weighted by Gasteiger charge is 2.43. The molecule has 10 nitrogen and oxygen atoms in total. The number of hydrogen-bond acceptors (Lipinski definition) is 7. The standard InChI is InChI=1S/C23H24N8O2/c24-21-23-28-10-19(13-1-4-17(27-9-13)22-25-5-6-26-22)30(23)11-18(29-21)14-7-15-2-3-16(8-14)31(15)20(33)12-32/h1,4-6,9-11,14-16,32H,2-3,7-8,12H2,(H2,24,29)(H,25,26)/t14?,15-,16+. The van der Waals surface area contributed by atoms with Gasteiger partial charge < -0.3 is 20.7 Å². The number of amides is 1. The van der Waals surface area contributed by atoms with Crippen molar-refractivity contribution in [2.24, 2.45) is 0 Å². The molecule has 2 fully saturated rings. The molecule has 6 heterocycles. The van der Waals surface area contributed by atoms with Crippen molar-refractivity contribution in [3.63, 3.8) is 0 Å². The van der Waals surface area contributed by atoms with Crippen molar-refractivity contribution >= 4 is 17.4 Å². The van der Waals surface area contributed by atoms with Crippen molar-refractivity contribution in [2.75, 3.05) is 12.3 Å². The van der Waals surface area contributed by atoms with Gasteiger partial charge in [0.05, 0.1) is 17.6 Å². The molecule has 0 aliphatic carbocycles. The number of aromatic amines is 1. The second kappa shape index (κ2) is 7.66. The fourth-order valence-electron chi connectivity index (χ4n) is 5.44. The number of pyridine rings is 1. The molecule has 4 aromatic heterocycles. The number of aliphatic hydroxyl groups is 1. The molecule has 4 aromatic rings. The molecule has 4 N–H and O–H groups in total. The molecule has 3 atom stereocenters. The van der Waals surface area contributed by atoms with Gasteiger partial charge in [0.15, 0.2) is 17.3 Å². The van der Waals surface area contributed by atoms with Gasteiger partial charge in [0.2, 0.25) is 5.91 Å². The first-order chi connectivity index (χ1) is 16.1. The van der Waals surface area contributed by atoms with Gasteiger partial charge in [0.25, 0.3) is 0 Å². The van der Waals surface area contributed by atoms with Crippen LogP contribution in [0.2, 0.25) is 0 Å². The number of nitrogens with zero attached hydrogens (tertiary/aromatic N) is 6. The van der Waals surface area contributed by atoms with Gasteiger partial charge in [-0.05, 0) is 37.8 Å². The van der Waals surface area contributed by atoms with Crippen LogP contribution in [0, 0.1) is 0 Å². The molecule has 168 valence electrons. The first kappa shape index (κ1) is 19.9. The van der Waals surface area contributed by atoms with E-state index in [4.69, 9.17) is 5.73 Å². The molecule has 6 rings (SSSR count). The van der Waals surface area contributed by atoms with E-state index in [2.05, 4.69) is 24.9 Å². The number of nitrogens with one attached hydrogen (secondary N) is 1. The molecule has 2 bridgehead atoms. The highest BCUT2D eigenvalue weighted by molar-refractivity contribution is 5.78. The Morgan fingerprint density at radius 3 is 2.64 bits per heavy atom. The maximum absolute atomic E-state index is 12.2. The summed E-state index contributed by atoms with van der Waals surface area (Å²) in [5.41, 5.74) is 10.4. The largest absolute Gasteiger partial charge is 0.387 e. The summed E-state index contributed by atoms with van der Waals surface area (Å²) < 4.78 is 1.98. The van der Waals surface area contributed by atoms with E-state index in [1.807, 2.05) is 27.6 Å². The Morgan fingerprint density at radius 1 is 1.15 bits per heavy atom. The smallest absolute Gasteiger partial charge is 0.248 e. The molecule has 0 radical (unpaired) electrons. The number of piperidine rings is 1. The summed E-state index contributed by atoms with van der Waals surface area (Å²) >= 11 is 0. The highest BCUT2D eigenvalue weighted by atomic mass is 16.3. The minimum absolute atomic E-state index is 0.146. The number of H-pyrrole nitrogens is 1. The molecule has 1 unspecified atom stereocenters. The average Bonchev–Trinajstić information content (AvgIpc) is 3.57. The van der Waals surface area contributed by atoms with E-state index in [0.717, 1.165) is 54.2 Å². The molecule has 10 heteroatoms. The first-order valence-electron chi connectivity index (χ1n) is 11.1. The number of fused-ring (bicyclic) bond motifs is 3. The molecule has 2 saturated heterocycles. The summed E-state index contributed by atoms with van der Waals surface area (Å²) in [5, 5.41) is 9.33. The molecule has 0 saturated carbocycles. The van der Waals surface area contributed by atoms with E-state index in [9.17, 15) is 9.90 Å². The molecule has 0 aromatic carbocycles. The van der Waals surface area contributed by atoms with Crippen LogP contribution in [0.15, 0.2) is 43.1 Å². The number of nitrogen functional groups attached to an aromatic ring is 1. The van der Waals surface area contributed by atoms with Gasteiger partial charge in [-0.2, -0.15) is 0 Å². The number of aromatic nitrogens is 6. The number of hydrogen-bond donors (Lipinski definition) is 3. The van der Waals surface area contributed by atoms with E-state index in [-0.39, 0.29) is 23.9 Å². The van der Waals surface area contributed by atoms with Crippen LogP contribution in [0.3, 0.4) is 0 Å². The lowest BCUT2D eigenvalue weighted by Crippen LogP contribution is -2.47. The Labute approximate surface area is 189 Å². The van der Waals surface area contributed by atoms with Crippen LogP contribution in [0.1, 0.15) is 37.3 Å². The van der Waals surface area contributed by atoms with Crippen LogP contribution in [0.5, 0.6) is 0 Å². The zero-order valence-electron chi connectivity index (χ0n) is 17.9. The zero-order valence-corrected chi connectivity index (χ0v) is 17.9. The van der Waals surface area contributed by atoms with Gasteiger partial charge in [0.1, 0.15) is 12.3 Å². The maximum atomic E-state index is 12.2. The van der Waals surface area contributed by atoms with Crippen LogP contribution in [-0.2, 0) is 4.79 Å². The van der Waals surface area contributed by atoms with Gasteiger partial charge in [-0.15, -0.1) is 0 Å². The Hall–Kier alpha value is -3.79. The Balaban J connectivity index is 1.33. The zero-order chi connectivity index (χ0) is 22.5. The number of carbonyl (C=O) groups is 1. The Kier molecular flexibility index (Phi) is 4.61. The lowest BCUT2D eigenvalue weighted by atomic mass is 9.88. The summed E-state index contributed by atoms with van der Waals surface area (Å²) in [7, 11) is 0. The fourth-order valence-corrected chi connectivity index (χ4v) is 5.44. The third kappa shape index (κ3) is 3.25. The van der Waals surface area contributed by atoms with Crippen molar-refractivity contribution in [3.8, 4) is 22.8 Å². The molecule has 2 aliphatic rings. The van der Waals surface area contributed by atoms with Crippen molar-refractivity contribution in [1.29, 1.82) is 0 Å². The van der Waals surface area contributed by atoms with Crippen LogP contribution >= 0.6 is 0 Å². The maximum Gasteiger partial charge on any atom is 0.248 e. The summed E-state index contributed by atoms with van der Waals surface area (Å²) in [6, 6.07) is 4.20. The number of anilines is 1. The van der Waals surface area contributed by atoms with Gasteiger partial charge in [-0.1, -0.05) is 0 Å². The summed E-state index contributed by atoms with van der Waals surface area (Å²) in [6.07, 6.45) is 12.6. The minimum atomic E-state index is -0.431. The fraction of sp³-hybridized carbons (Fsp3) is 0.348. The van der Waals surface area contributed by atoms with Crippen LogP contribution in [0.4, 0.5) is 5.82 Å². The quantitative estimate of drug-likeness (QED) is 0.437. The summed E-state index contributed by atoms with van der Waals surface area (Å²) in [4.78, 5) is 35.1. The molecule has 33 heavy (non-hydrogen) atoms. The average molecular weight is 444 g/mol. The van der Waals surface area contributed by atoms with Crippen LogP contribution in [-0.4, -0.2) is 63.9 Å². The van der Waals surface area contributed by atoms with E-state index >= 15 is 0 Å². The molecule has 0 spiro atoms. The van der Waals surface area contributed by atoms with E-state index in [1.54, 1.807) is 24.8 Å². The monoisotopic (exact) mass is 444 g/mol. The predicted octanol–water partition coefficient (Wildman–Crippen LogP) is 1.99. The van der Waals surface area contributed by atoms with Crippen molar-refractivity contribution in [3.05, 3.63) is 48.8 Å². The van der Waals surface area contributed by atoms with Crippen LogP contribution in [0.25, 0.3) is 28.4 Å². The minimum Gasteiger partial charge on any atom is -0.387 e. The number of aliphatic hydroxyl groups excluding tert-OH is 1. The summed E-state index contributed by atoms with van der Waals surface area (Å²) in [5.74, 6) is 1.13. The van der Waals surface area contributed by atoms with Gasteiger partial charge in [-0.25, -0.2) is 15.0 Å². The number of nitrogens with two attached hydrogens (primary N) is 1. The highest BCUT2D eigenvalue weighted by Crippen LogP contribution is 2.43. The van der Waals surface area contributed by atoms with Gasteiger partial charge in [0, 0.05) is 48.4 Å². The third-order valence-electron chi connectivity index (χ3n) is 6.91. The van der Waals surface area contributed by atoms with Crippen molar-refractivity contribution in [1.82, 2.24) is 34.2 Å². The Morgan fingerprint density at radius 2 is 1.97 bits per heavy atom. The lowest BCUT2D eigenvalue weighted by molar-refractivity contribution is -0.138. The number of imidazole rings is 2. The van der Waals surface area contributed by atoms with Crippen LogP contribution < -0.4 is 5.73 Å².